The van der Waals surface area contributed by atoms with Crippen molar-refractivity contribution in [3.8, 4) is 22.5 Å². The van der Waals surface area contributed by atoms with Crippen molar-refractivity contribution >= 4 is 42.9 Å². The summed E-state index contributed by atoms with van der Waals surface area (Å²) in [5.74, 6) is -0.561. The highest BCUT2D eigenvalue weighted by atomic mass is 32.2. The van der Waals surface area contributed by atoms with Crippen molar-refractivity contribution in [2.45, 2.75) is 22.6 Å². The van der Waals surface area contributed by atoms with E-state index in [0.717, 1.165) is 16.8 Å². The van der Waals surface area contributed by atoms with Crippen LogP contribution in [0.1, 0.15) is 21.5 Å². The SMILES string of the molecule is O=C(O)c1ccccc1-c1c2cc/c(=N\CCc3ccc(S(=O)(=O)O)cc3)cc-2oc2cc(NCCc3ccc(S(=O)(=O)O)cc3)ccc12. The molecule has 49 heavy (non-hydrogen) atoms. The van der Waals surface area contributed by atoms with Crippen LogP contribution in [-0.4, -0.2) is 50.1 Å². The molecule has 13 heteroatoms. The van der Waals surface area contributed by atoms with Crippen LogP contribution < -0.4 is 10.7 Å². The van der Waals surface area contributed by atoms with E-state index in [9.17, 15) is 35.8 Å². The fraction of sp³-hybridized carbons (Fsp3) is 0.111. The zero-order valence-electron chi connectivity index (χ0n) is 25.8. The lowest BCUT2D eigenvalue weighted by Gasteiger charge is -2.17. The molecule has 4 aromatic carbocycles. The lowest BCUT2D eigenvalue weighted by atomic mass is 9.90. The molecule has 0 saturated carbocycles. The van der Waals surface area contributed by atoms with Crippen LogP contribution in [0, 0.1) is 0 Å². The van der Waals surface area contributed by atoms with Gasteiger partial charge < -0.3 is 14.8 Å². The minimum Gasteiger partial charge on any atom is -0.478 e. The molecule has 0 atom stereocenters. The van der Waals surface area contributed by atoms with Gasteiger partial charge in [-0.2, -0.15) is 16.8 Å². The number of anilines is 1. The Balaban J connectivity index is 1.32. The monoisotopic (exact) mass is 698 g/mol. The van der Waals surface area contributed by atoms with Crippen LogP contribution in [0.3, 0.4) is 0 Å². The molecule has 0 fully saturated rings. The minimum absolute atomic E-state index is 0.146. The number of rotatable bonds is 11. The summed E-state index contributed by atoms with van der Waals surface area (Å²) in [6, 6.07) is 29.8. The number of carboxylic acids is 1. The molecule has 4 aromatic rings. The standard InChI is InChI=1S/C36H30N2O9S2/c39-36(40)30-4-2-1-3-29(30)35-31-15-9-25(37-19-17-23-5-11-27(12-6-23)48(41,42)43)21-33(31)47-34-22-26(10-16-32(34)35)38-20-18-24-7-13-28(14-8-24)49(44,45)46/h1-16,21-22,37H,17-20H2,(H,39,40)(H,41,42,43)(H,44,45,46)/b38-26+. The van der Waals surface area contributed by atoms with Crippen molar-refractivity contribution < 1.29 is 40.3 Å². The molecule has 11 nitrogen and oxygen atoms in total. The van der Waals surface area contributed by atoms with Crippen LogP contribution in [-0.2, 0) is 33.1 Å². The first kappa shape index (κ1) is 33.6. The molecule has 0 bridgehead atoms. The zero-order valence-corrected chi connectivity index (χ0v) is 27.4. The first-order valence-electron chi connectivity index (χ1n) is 15.1. The van der Waals surface area contributed by atoms with Crippen LogP contribution in [0.15, 0.2) is 128 Å². The minimum atomic E-state index is -4.27. The lowest BCUT2D eigenvalue weighted by Crippen LogP contribution is -2.07. The topological polar surface area (TPSA) is 184 Å². The number of benzene rings is 5. The second kappa shape index (κ2) is 13.6. The third-order valence-corrected chi connectivity index (χ3v) is 9.75. The van der Waals surface area contributed by atoms with E-state index in [1.807, 2.05) is 30.3 Å². The molecule has 0 spiro atoms. The van der Waals surface area contributed by atoms with Crippen molar-refractivity contribution in [1.82, 2.24) is 0 Å². The van der Waals surface area contributed by atoms with Gasteiger partial charge in [0.25, 0.3) is 20.2 Å². The summed E-state index contributed by atoms with van der Waals surface area (Å²) in [5.41, 5.74) is 5.07. The summed E-state index contributed by atoms with van der Waals surface area (Å²) in [7, 11) is -8.53. The van der Waals surface area contributed by atoms with Crippen molar-refractivity contribution in [2.24, 2.45) is 4.99 Å². The molecule has 1 heterocycles. The van der Waals surface area contributed by atoms with Crippen LogP contribution in [0.25, 0.3) is 33.4 Å². The largest absolute Gasteiger partial charge is 0.478 e. The summed E-state index contributed by atoms with van der Waals surface area (Å²) in [4.78, 5) is 16.6. The van der Waals surface area contributed by atoms with E-state index in [1.54, 1.807) is 54.6 Å². The van der Waals surface area contributed by atoms with E-state index in [2.05, 4.69) is 10.3 Å². The highest BCUT2D eigenvalue weighted by molar-refractivity contribution is 7.86. The predicted molar refractivity (Wildman–Crippen MR) is 184 cm³/mol. The Morgan fingerprint density at radius 1 is 0.714 bits per heavy atom. The van der Waals surface area contributed by atoms with Crippen LogP contribution in [0.2, 0.25) is 0 Å². The fourth-order valence-corrected chi connectivity index (χ4v) is 6.55. The molecular formula is C36H30N2O9S2. The maximum Gasteiger partial charge on any atom is 0.336 e. The Hall–Kier alpha value is -5.34. The van der Waals surface area contributed by atoms with Crippen LogP contribution in [0.4, 0.5) is 5.69 Å². The van der Waals surface area contributed by atoms with Gasteiger partial charge in [0.2, 0.25) is 0 Å². The average molecular weight is 699 g/mol. The van der Waals surface area contributed by atoms with E-state index >= 15 is 0 Å². The van der Waals surface area contributed by atoms with Gasteiger partial charge in [-0.25, -0.2) is 4.79 Å². The van der Waals surface area contributed by atoms with Gasteiger partial charge in [0, 0.05) is 47.4 Å². The maximum absolute atomic E-state index is 12.2. The summed E-state index contributed by atoms with van der Waals surface area (Å²) < 4.78 is 70.1. The summed E-state index contributed by atoms with van der Waals surface area (Å²) in [5, 5.41) is 14.7. The van der Waals surface area contributed by atoms with Gasteiger partial charge in [-0.15, -0.1) is 0 Å². The third-order valence-electron chi connectivity index (χ3n) is 8.01. The molecule has 0 aromatic heterocycles. The van der Waals surface area contributed by atoms with Crippen molar-refractivity contribution in [3.05, 3.63) is 131 Å². The quantitative estimate of drug-likeness (QED) is 0.0898. The molecule has 4 N–H and O–H groups in total. The third kappa shape index (κ3) is 7.71. The van der Waals surface area contributed by atoms with Gasteiger partial charge in [-0.05, 0) is 84.1 Å². The molecule has 0 saturated heterocycles. The molecule has 0 unspecified atom stereocenters. The van der Waals surface area contributed by atoms with Crippen molar-refractivity contribution in [1.29, 1.82) is 0 Å². The molecule has 1 aliphatic heterocycles. The maximum atomic E-state index is 12.2. The summed E-state index contributed by atoms with van der Waals surface area (Å²) in [6.45, 7) is 0.909. The van der Waals surface area contributed by atoms with Gasteiger partial charge in [0.05, 0.1) is 20.7 Å². The molecule has 6 rings (SSSR count). The van der Waals surface area contributed by atoms with Gasteiger partial charge in [-0.3, -0.25) is 14.1 Å². The van der Waals surface area contributed by atoms with E-state index in [-0.39, 0.29) is 15.4 Å². The number of hydrogen-bond donors (Lipinski definition) is 4. The normalized spacial score (nSPS) is 12.4. The second-order valence-electron chi connectivity index (χ2n) is 11.3. The average Bonchev–Trinajstić information content (AvgIpc) is 3.07. The van der Waals surface area contributed by atoms with E-state index < -0.39 is 26.2 Å². The van der Waals surface area contributed by atoms with Gasteiger partial charge in [0.1, 0.15) is 11.3 Å². The first-order chi connectivity index (χ1) is 23.4. The van der Waals surface area contributed by atoms with Gasteiger partial charge in [-0.1, -0.05) is 42.5 Å². The van der Waals surface area contributed by atoms with Gasteiger partial charge >= 0.3 is 5.97 Å². The Labute approximate surface area is 282 Å². The van der Waals surface area contributed by atoms with E-state index in [0.29, 0.717) is 64.7 Å². The number of fused-ring (bicyclic) bond motifs is 2. The van der Waals surface area contributed by atoms with E-state index in [4.69, 9.17) is 4.42 Å². The fourth-order valence-electron chi connectivity index (χ4n) is 5.59. The smallest absolute Gasteiger partial charge is 0.336 e. The Morgan fingerprint density at radius 3 is 1.98 bits per heavy atom. The molecule has 1 aliphatic carbocycles. The summed E-state index contributed by atoms with van der Waals surface area (Å²) in [6.07, 6.45) is 1.10. The molecule has 250 valence electrons. The van der Waals surface area contributed by atoms with Crippen LogP contribution >= 0.6 is 0 Å². The van der Waals surface area contributed by atoms with E-state index in [1.165, 1.54) is 24.3 Å². The zero-order chi connectivity index (χ0) is 34.8. The second-order valence-corrected chi connectivity index (χ2v) is 14.1. The van der Waals surface area contributed by atoms with Crippen molar-refractivity contribution in [2.75, 3.05) is 18.4 Å². The van der Waals surface area contributed by atoms with Crippen molar-refractivity contribution in [3.63, 3.8) is 0 Å². The number of carboxylic acid groups (broad SMARTS) is 1. The number of nitrogens with zero attached hydrogens (tertiary/aromatic N) is 1. The number of carbonyl (C=O) groups is 1. The highest BCUT2D eigenvalue weighted by Gasteiger charge is 2.21. The van der Waals surface area contributed by atoms with Crippen LogP contribution in [0.5, 0.6) is 0 Å². The first-order valence-corrected chi connectivity index (χ1v) is 18.0. The Kier molecular flexibility index (Phi) is 9.35. The Bertz CT molecular complexity index is 2440. The lowest BCUT2D eigenvalue weighted by molar-refractivity contribution is 0.0697. The van der Waals surface area contributed by atoms with Gasteiger partial charge in [0.15, 0.2) is 0 Å². The predicted octanol–water partition coefficient (Wildman–Crippen LogP) is 6.19. The Morgan fingerprint density at radius 2 is 1.35 bits per heavy atom. The molecule has 2 aliphatic rings. The molecule has 0 amide bonds. The number of aromatic carboxylic acids is 1. The number of hydrogen-bond acceptors (Lipinski definition) is 8. The molecule has 0 radical (unpaired) electrons. The number of nitrogens with one attached hydrogen (secondary N) is 1. The molecular weight excluding hydrogens is 669 g/mol. The highest BCUT2D eigenvalue weighted by Crippen LogP contribution is 2.41. The summed E-state index contributed by atoms with van der Waals surface area (Å²) >= 11 is 0.